The fourth-order valence-electron chi connectivity index (χ4n) is 2.64. The standard InChI is InChI=1S/C20H21ClN2O3S2/c1-13(24)22-15-5-8-17(21)18(11-15)23-19(25)12-26-16-6-3-14(4-7-16)20-27-9-2-10-28-20/h3-8,11,20H,2,9-10,12H2,1H3,(H,22,24)(H,23,25). The van der Waals surface area contributed by atoms with E-state index < -0.39 is 0 Å². The van der Waals surface area contributed by atoms with Gasteiger partial charge in [0.1, 0.15) is 5.75 Å². The van der Waals surface area contributed by atoms with Gasteiger partial charge >= 0.3 is 0 Å². The molecule has 5 nitrogen and oxygen atoms in total. The fraction of sp³-hybridized carbons (Fsp3) is 0.300. The number of hydrogen-bond acceptors (Lipinski definition) is 5. The normalized spacial score (nSPS) is 14.4. The minimum Gasteiger partial charge on any atom is -0.484 e. The second kappa shape index (κ2) is 10.1. The van der Waals surface area contributed by atoms with Crippen LogP contribution in [0.15, 0.2) is 42.5 Å². The lowest BCUT2D eigenvalue weighted by molar-refractivity contribution is -0.118. The van der Waals surface area contributed by atoms with E-state index in [2.05, 4.69) is 22.8 Å². The maximum Gasteiger partial charge on any atom is 0.262 e. The number of rotatable bonds is 6. The van der Waals surface area contributed by atoms with Crippen LogP contribution in [0.4, 0.5) is 11.4 Å². The third kappa shape index (κ3) is 6.09. The first kappa shape index (κ1) is 20.9. The molecule has 0 spiro atoms. The van der Waals surface area contributed by atoms with Crippen LogP contribution in [0.1, 0.15) is 23.5 Å². The van der Waals surface area contributed by atoms with Gasteiger partial charge in [-0.25, -0.2) is 0 Å². The summed E-state index contributed by atoms with van der Waals surface area (Å²) in [5, 5.41) is 5.74. The largest absolute Gasteiger partial charge is 0.484 e. The first-order valence-corrected chi connectivity index (χ1v) is 11.3. The molecular formula is C20H21ClN2O3S2. The smallest absolute Gasteiger partial charge is 0.262 e. The molecule has 2 aromatic rings. The van der Waals surface area contributed by atoms with Crippen molar-refractivity contribution >= 4 is 58.3 Å². The average molecular weight is 437 g/mol. The number of anilines is 2. The molecule has 148 valence electrons. The zero-order valence-electron chi connectivity index (χ0n) is 15.4. The number of carbonyl (C=O) groups is 2. The number of ether oxygens (including phenoxy) is 1. The van der Waals surface area contributed by atoms with E-state index in [1.54, 1.807) is 18.2 Å². The highest BCUT2D eigenvalue weighted by Gasteiger charge is 2.16. The lowest BCUT2D eigenvalue weighted by atomic mass is 10.2. The maximum atomic E-state index is 12.2. The second-order valence-corrected chi connectivity index (χ2v) is 9.34. The molecule has 0 aromatic heterocycles. The predicted molar refractivity (Wildman–Crippen MR) is 119 cm³/mol. The van der Waals surface area contributed by atoms with Crippen LogP contribution in [-0.2, 0) is 9.59 Å². The lowest BCUT2D eigenvalue weighted by Gasteiger charge is -2.21. The monoisotopic (exact) mass is 436 g/mol. The highest BCUT2D eigenvalue weighted by atomic mass is 35.5. The van der Waals surface area contributed by atoms with E-state index in [9.17, 15) is 9.59 Å². The summed E-state index contributed by atoms with van der Waals surface area (Å²) in [4.78, 5) is 23.4. The molecule has 3 rings (SSSR count). The number of thioether (sulfide) groups is 2. The Morgan fingerprint density at radius 1 is 1.11 bits per heavy atom. The summed E-state index contributed by atoms with van der Waals surface area (Å²) in [5.41, 5.74) is 2.25. The molecule has 0 saturated carbocycles. The number of halogens is 1. The molecule has 0 unspecified atom stereocenters. The topological polar surface area (TPSA) is 67.4 Å². The van der Waals surface area contributed by atoms with Gasteiger partial charge in [0.2, 0.25) is 5.91 Å². The summed E-state index contributed by atoms with van der Waals surface area (Å²) in [7, 11) is 0. The summed E-state index contributed by atoms with van der Waals surface area (Å²) >= 11 is 10.0. The van der Waals surface area contributed by atoms with Gasteiger partial charge in [-0.05, 0) is 53.8 Å². The molecule has 1 aliphatic heterocycles. The Balaban J connectivity index is 1.53. The Labute approximate surface area is 177 Å². The summed E-state index contributed by atoms with van der Waals surface area (Å²) in [6.45, 7) is 1.28. The van der Waals surface area contributed by atoms with Gasteiger partial charge in [-0.1, -0.05) is 23.7 Å². The minimum absolute atomic E-state index is 0.132. The molecule has 1 fully saturated rings. The Morgan fingerprint density at radius 2 is 1.82 bits per heavy atom. The molecule has 8 heteroatoms. The zero-order chi connectivity index (χ0) is 19.9. The van der Waals surface area contributed by atoms with Crippen molar-refractivity contribution in [2.45, 2.75) is 17.9 Å². The third-order valence-corrected chi connectivity index (χ3v) is 7.25. The van der Waals surface area contributed by atoms with Crippen molar-refractivity contribution < 1.29 is 14.3 Å². The van der Waals surface area contributed by atoms with Crippen molar-refractivity contribution in [2.75, 3.05) is 28.7 Å². The van der Waals surface area contributed by atoms with Gasteiger partial charge < -0.3 is 15.4 Å². The van der Waals surface area contributed by atoms with Crippen LogP contribution in [0.5, 0.6) is 5.75 Å². The Kier molecular flexibility index (Phi) is 7.53. The predicted octanol–water partition coefficient (Wildman–Crippen LogP) is 5.18. The fourth-order valence-corrected chi connectivity index (χ4v) is 5.70. The van der Waals surface area contributed by atoms with E-state index in [4.69, 9.17) is 16.3 Å². The van der Waals surface area contributed by atoms with Crippen LogP contribution in [0, 0.1) is 0 Å². The van der Waals surface area contributed by atoms with Crippen LogP contribution in [-0.4, -0.2) is 29.9 Å². The first-order valence-electron chi connectivity index (χ1n) is 8.84. The van der Waals surface area contributed by atoms with Crippen molar-refractivity contribution in [1.82, 2.24) is 0 Å². The number of nitrogens with one attached hydrogen (secondary N) is 2. The van der Waals surface area contributed by atoms with Crippen molar-refractivity contribution in [3.8, 4) is 5.75 Å². The van der Waals surface area contributed by atoms with E-state index in [0.717, 1.165) is 0 Å². The Bertz CT molecular complexity index is 840. The van der Waals surface area contributed by atoms with Crippen LogP contribution in [0.25, 0.3) is 0 Å². The minimum atomic E-state index is -0.329. The van der Waals surface area contributed by atoms with E-state index >= 15 is 0 Å². The van der Waals surface area contributed by atoms with Gasteiger partial charge in [0.15, 0.2) is 6.61 Å². The van der Waals surface area contributed by atoms with E-state index in [0.29, 0.717) is 26.7 Å². The number of amides is 2. The molecule has 2 N–H and O–H groups in total. The van der Waals surface area contributed by atoms with Gasteiger partial charge in [-0.15, -0.1) is 23.5 Å². The first-order chi connectivity index (χ1) is 13.5. The van der Waals surface area contributed by atoms with Gasteiger partial charge in [-0.2, -0.15) is 0 Å². The second-order valence-electron chi connectivity index (χ2n) is 6.21. The summed E-state index contributed by atoms with van der Waals surface area (Å²) in [5.74, 6) is 2.51. The zero-order valence-corrected chi connectivity index (χ0v) is 17.8. The summed E-state index contributed by atoms with van der Waals surface area (Å²) in [6.07, 6.45) is 1.26. The molecule has 0 atom stereocenters. The van der Waals surface area contributed by atoms with Crippen LogP contribution in [0.2, 0.25) is 5.02 Å². The quantitative estimate of drug-likeness (QED) is 0.652. The molecule has 2 amide bonds. The molecule has 0 bridgehead atoms. The van der Waals surface area contributed by atoms with Crippen molar-refractivity contribution in [1.29, 1.82) is 0 Å². The van der Waals surface area contributed by atoms with Gasteiger partial charge in [0, 0.05) is 12.6 Å². The average Bonchev–Trinajstić information content (AvgIpc) is 2.70. The van der Waals surface area contributed by atoms with E-state index in [1.165, 1.54) is 30.4 Å². The highest BCUT2D eigenvalue weighted by molar-refractivity contribution is 8.16. The SMILES string of the molecule is CC(=O)Nc1ccc(Cl)c(NC(=O)COc2ccc(C3SCCCS3)cc2)c1. The maximum absolute atomic E-state index is 12.2. The van der Waals surface area contributed by atoms with Crippen LogP contribution >= 0.6 is 35.1 Å². The molecule has 28 heavy (non-hydrogen) atoms. The highest BCUT2D eigenvalue weighted by Crippen LogP contribution is 2.43. The van der Waals surface area contributed by atoms with E-state index in [1.807, 2.05) is 35.7 Å². The molecule has 1 saturated heterocycles. The molecule has 0 aliphatic carbocycles. The van der Waals surface area contributed by atoms with Crippen LogP contribution in [0.3, 0.4) is 0 Å². The summed E-state index contributed by atoms with van der Waals surface area (Å²) < 4.78 is 6.05. The van der Waals surface area contributed by atoms with Crippen LogP contribution < -0.4 is 15.4 Å². The molecule has 2 aromatic carbocycles. The molecule has 1 aliphatic rings. The van der Waals surface area contributed by atoms with Crippen molar-refractivity contribution in [3.63, 3.8) is 0 Å². The van der Waals surface area contributed by atoms with Crippen molar-refractivity contribution in [2.24, 2.45) is 0 Å². The Hall–Kier alpha value is -1.83. The molecular weight excluding hydrogens is 416 g/mol. The third-order valence-electron chi connectivity index (χ3n) is 3.91. The van der Waals surface area contributed by atoms with Gasteiger partial charge in [-0.3, -0.25) is 9.59 Å². The van der Waals surface area contributed by atoms with Crippen molar-refractivity contribution in [3.05, 3.63) is 53.1 Å². The van der Waals surface area contributed by atoms with Gasteiger partial charge in [0.05, 0.1) is 15.3 Å². The number of carbonyl (C=O) groups excluding carboxylic acids is 2. The lowest BCUT2D eigenvalue weighted by Crippen LogP contribution is -2.20. The number of hydrogen-bond donors (Lipinski definition) is 2. The van der Waals surface area contributed by atoms with Gasteiger partial charge in [0.25, 0.3) is 5.91 Å². The summed E-state index contributed by atoms with van der Waals surface area (Å²) in [6, 6.07) is 12.8. The molecule has 0 radical (unpaired) electrons. The van der Waals surface area contributed by atoms with E-state index in [-0.39, 0.29) is 18.4 Å². The Morgan fingerprint density at radius 3 is 2.50 bits per heavy atom. The number of benzene rings is 2. The molecule has 1 heterocycles.